The zero-order chi connectivity index (χ0) is 29.8. The van der Waals surface area contributed by atoms with Gasteiger partial charge in [-0.2, -0.15) is 0 Å². The Labute approximate surface area is 241 Å². The summed E-state index contributed by atoms with van der Waals surface area (Å²) in [6.07, 6.45) is 2.48. The minimum atomic E-state index is -0.777. The normalized spacial score (nSPS) is 14.0. The maximum atomic E-state index is 13.6. The van der Waals surface area contributed by atoms with E-state index in [0.29, 0.717) is 45.3 Å². The van der Waals surface area contributed by atoms with Crippen LogP contribution in [0.15, 0.2) is 79.1 Å². The van der Waals surface area contributed by atoms with E-state index in [1.54, 1.807) is 57.3 Å². The molecular weight excluding hydrogens is 534 g/mol. The van der Waals surface area contributed by atoms with Gasteiger partial charge in [-0.1, -0.05) is 36.4 Å². The number of aromatic amines is 1. The number of ether oxygens (including phenoxy) is 2. The average molecular weight is 564 g/mol. The number of phenols is 1. The molecule has 0 radical (unpaired) electrons. The summed E-state index contributed by atoms with van der Waals surface area (Å²) in [6.45, 7) is 5.63. The van der Waals surface area contributed by atoms with Crippen molar-refractivity contribution in [1.82, 2.24) is 14.5 Å². The number of carbonyl (C=O) groups excluding carboxylic acids is 3. The lowest BCUT2D eigenvalue weighted by Gasteiger charge is -2.19. The molecule has 1 aliphatic rings. The molecule has 0 aliphatic carbocycles. The third kappa shape index (κ3) is 4.58. The molecule has 3 aromatic carbocycles. The summed E-state index contributed by atoms with van der Waals surface area (Å²) >= 11 is 0. The predicted octanol–water partition coefficient (Wildman–Crippen LogP) is 6.10. The van der Waals surface area contributed by atoms with Crippen molar-refractivity contribution in [3.63, 3.8) is 0 Å². The number of fused-ring (bicyclic) bond motifs is 2. The van der Waals surface area contributed by atoms with Gasteiger partial charge >= 0.3 is 6.09 Å². The molecule has 1 aliphatic heterocycles. The van der Waals surface area contributed by atoms with Crippen LogP contribution in [0.4, 0.5) is 4.79 Å². The second-order valence-corrected chi connectivity index (χ2v) is 11.2. The van der Waals surface area contributed by atoms with E-state index < -0.39 is 23.5 Å². The maximum Gasteiger partial charge on any atom is 0.419 e. The molecule has 0 bridgehead atoms. The molecule has 2 amide bonds. The number of H-pyrrole nitrogens is 1. The highest BCUT2D eigenvalue weighted by Gasteiger charge is 2.40. The Hall–Kier alpha value is -5.31. The maximum absolute atomic E-state index is 13.6. The fourth-order valence-electron chi connectivity index (χ4n) is 5.20. The molecule has 3 heterocycles. The Bertz CT molecular complexity index is 1920. The van der Waals surface area contributed by atoms with E-state index in [1.165, 1.54) is 23.9 Å². The first-order chi connectivity index (χ1) is 20.0. The molecule has 0 saturated carbocycles. The van der Waals surface area contributed by atoms with E-state index in [9.17, 15) is 19.5 Å². The van der Waals surface area contributed by atoms with Gasteiger partial charge in [-0.25, -0.2) is 4.79 Å². The Balaban J connectivity index is 1.55. The first-order valence-electron chi connectivity index (χ1n) is 13.4. The highest BCUT2D eigenvalue weighted by Crippen LogP contribution is 2.43. The van der Waals surface area contributed by atoms with Gasteiger partial charge in [0.2, 0.25) is 0 Å². The summed E-state index contributed by atoms with van der Waals surface area (Å²) in [5, 5.41) is 11.6. The molecular formula is C33H29N3O6. The van der Waals surface area contributed by atoms with Crippen molar-refractivity contribution in [3.05, 3.63) is 95.8 Å². The fraction of sp³-hybridized carbons (Fsp3) is 0.182. The van der Waals surface area contributed by atoms with Crippen molar-refractivity contribution in [2.75, 3.05) is 7.05 Å². The van der Waals surface area contributed by atoms with Crippen molar-refractivity contribution in [2.45, 2.75) is 33.0 Å². The van der Waals surface area contributed by atoms with Crippen LogP contribution in [0.2, 0.25) is 0 Å². The molecule has 2 aromatic heterocycles. The summed E-state index contributed by atoms with van der Waals surface area (Å²) in [6, 6.07) is 19.9. The number of benzene rings is 3. The van der Waals surface area contributed by atoms with E-state index in [0.717, 1.165) is 10.5 Å². The molecule has 0 unspecified atom stereocenters. The topological polar surface area (TPSA) is 114 Å². The van der Waals surface area contributed by atoms with Gasteiger partial charge in [-0.05, 0) is 50.6 Å². The van der Waals surface area contributed by atoms with Crippen LogP contribution in [0, 0.1) is 0 Å². The number of nitrogens with zero attached hydrogens (tertiary/aromatic N) is 2. The van der Waals surface area contributed by atoms with Gasteiger partial charge in [0.25, 0.3) is 11.8 Å². The molecule has 9 nitrogen and oxygen atoms in total. The summed E-state index contributed by atoms with van der Waals surface area (Å²) < 4.78 is 13.0. The number of hydrogen-bond acceptors (Lipinski definition) is 6. The van der Waals surface area contributed by atoms with Crippen LogP contribution in [0.1, 0.15) is 37.5 Å². The molecule has 9 heteroatoms. The predicted molar refractivity (Wildman–Crippen MR) is 159 cm³/mol. The van der Waals surface area contributed by atoms with Gasteiger partial charge in [-0.15, -0.1) is 0 Å². The van der Waals surface area contributed by atoms with E-state index in [-0.39, 0.29) is 16.9 Å². The molecule has 42 heavy (non-hydrogen) atoms. The van der Waals surface area contributed by atoms with Crippen molar-refractivity contribution >= 4 is 50.9 Å². The number of aromatic hydroxyl groups is 1. The van der Waals surface area contributed by atoms with E-state index in [4.69, 9.17) is 9.47 Å². The van der Waals surface area contributed by atoms with Crippen LogP contribution >= 0.6 is 0 Å². The number of phenolic OH excluding ortho intramolecular Hbond substituents is 1. The zero-order valence-electron chi connectivity index (χ0n) is 23.6. The first kappa shape index (κ1) is 26.9. The van der Waals surface area contributed by atoms with Crippen LogP contribution in [0.3, 0.4) is 0 Å². The quantitative estimate of drug-likeness (QED) is 0.250. The van der Waals surface area contributed by atoms with Gasteiger partial charge in [0, 0.05) is 52.9 Å². The Morgan fingerprint density at radius 3 is 2.36 bits per heavy atom. The van der Waals surface area contributed by atoms with Gasteiger partial charge in [-0.3, -0.25) is 19.1 Å². The van der Waals surface area contributed by atoms with Gasteiger partial charge in [0.1, 0.15) is 23.7 Å². The van der Waals surface area contributed by atoms with Gasteiger partial charge in [0.05, 0.1) is 16.7 Å². The van der Waals surface area contributed by atoms with Crippen molar-refractivity contribution in [1.29, 1.82) is 0 Å². The third-order valence-corrected chi connectivity index (χ3v) is 7.13. The van der Waals surface area contributed by atoms with E-state index in [2.05, 4.69) is 4.98 Å². The lowest BCUT2D eigenvalue weighted by atomic mass is 9.95. The number of imide groups is 1. The average Bonchev–Trinajstić information content (AvgIpc) is 3.61. The Morgan fingerprint density at radius 1 is 0.929 bits per heavy atom. The lowest BCUT2D eigenvalue weighted by Crippen LogP contribution is -2.27. The first-order valence-corrected chi connectivity index (χ1v) is 13.4. The number of carbonyl (C=O) groups is 3. The van der Waals surface area contributed by atoms with Crippen molar-refractivity contribution in [3.8, 4) is 11.5 Å². The summed E-state index contributed by atoms with van der Waals surface area (Å²) in [4.78, 5) is 44.7. The van der Waals surface area contributed by atoms with E-state index in [1.807, 2.05) is 30.3 Å². The molecule has 0 atom stereocenters. The van der Waals surface area contributed by atoms with Gasteiger partial charge < -0.3 is 19.6 Å². The molecule has 0 fully saturated rings. The van der Waals surface area contributed by atoms with Crippen molar-refractivity contribution < 1.29 is 29.0 Å². The van der Waals surface area contributed by atoms with Crippen LogP contribution in [0.5, 0.6) is 11.5 Å². The molecule has 6 rings (SSSR count). The zero-order valence-corrected chi connectivity index (χ0v) is 23.6. The van der Waals surface area contributed by atoms with Crippen LogP contribution in [0.25, 0.3) is 33.0 Å². The number of aromatic nitrogens is 2. The van der Waals surface area contributed by atoms with Gasteiger partial charge in [0.15, 0.2) is 0 Å². The summed E-state index contributed by atoms with van der Waals surface area (Å²) in [5.41, 5.74) is 2.29. The van der Waals surface area contributed by atoms with Crippen LogP contribution < -0.4 is 4.74 Å². The fourth-order valence-corrected chi connectivity index (χ4v) is 5.20. The number of amides is 2. The summed E-state index contributed by atoms with van der Waals surface area (Å²) in [7, 11) is 1.41. The standard InChI is InChI=1S/C33H29N3O6/c1-33(2,3)42-32(40)36-17-23(21-14-13-20(15-25(21)36)41-18-19-9-6-5-7-10-19)29-28(30(38)35(4)31(29)39)22-16-34-24-11-8-12-26(37)27(22)24/h5-17,34,37H,18H2,1-4H3. The highest BCUT2D eigenvalue weighted by atomic mass is 16.6. The molecule has 2 N–H and O–H groups in total. The SMILES string of the molecule is CN1C(=O)C(c2cn(C(=O)OC(C)(C)C)c3cc(OCc4ccccc4)ccc23)=C(c2c[nH]c3cccc(O)c23)C1=O. The summed E-state index contributed by atoms with van der Waals surface area (Å²) in [5.74, 6) is -0.545. The minimum Gasteiger partial charge on any atom is -0.507 e. The number of rotatable bonds is 5. The number of hydrogen-bond donors (Lipinski definition) is 2. The molecule has 212 valence electrons. The number of nitrogens with one attached hydrogen (secondary N) is 1. The monoisotopic (exact) mass is 563 g/mol. The minimum absolute atomic E-state index is 0.0261. The molecule has 0 spiro atoms. The van der Waals surface area contributed by atoms with E-state index >= 15 is 0 Å². The molecule has 5 aromatic rings. The smallest absolute Gasteiger partial charge is 0.419 e. The van der Waals surface area contributed by atoms with Crippen LogP contribution in [-0.2, 0) is 20.9 Å². The Kier molecular flexibility index (Phi) is 6.37. The second kappa shape index (κ2) is 9.95. The van der Waals surface area contributed by atoms with Crippen molar-refractivity contribution in [2.24, 2.45) is 0 Å². The van der Waals surface area contributed by atoms with Crippen LogP contribution in [-0.4, -0.2) is 50.1 Å². The Morgan fingerprint density at radius 2 is 1.64 bits per heavy atom. The largest absolute Gasteiger partial charge is 0.507 e. The highest BCUT2D eigenvalue weighted by molar-refractivity contribution is 6.50. The third-order valence-electron chi connectivity index (χ3n) is 7.13. The molecule has 0 saturated heterocycles. The second-order valence-electron chi connectivity index (χ2n) is 11.2. The lowest BCUT2D eigenvalue weighted by molar-refractivity contribution is -0.134. The number of likely N-dealkylation sites (N-methyl/N-ethyl adjacent to an activating group) is 1.